The third-order valence-corrected chi connectivity index (χ3v) is 7.16. The van der Waals surface area contributed by atoms with Crippen LogP contribution in [0.2, 0.25) is 0 Å². The first kappa shape index (κ1) is 19.2. The third kappa shape index (κ3) is 3.63. The van der Waals surface area contributed by atoms with Crippen molar-refractivity contribution in [2.24, 2.45) is 17.8 Å². The number of hydrogen-bond donors (Lipinski definition) is 2. The lowest BCUT2D eigenvalue weighted by molar-refractivity contribution is -0.136. The molecule has 2 N–H and O–H groups in total. The van der Waals surface area contributed by atoms with Crippen molar-refractivity contribution in [3.63, 3.8) is 0 Å². The average molecular weight is 402 g/mol. The fourth-order valence-electron chi connectivity index (χ4n) is 6.31. The van der Waals surface area contributed by atoms with Gasteiger partial charge < -0.3 is 19.9 Å². The highest BCUT2D eigenvalue weighted by Gasteiger charge is 2.55. The van der Waals surface area contributed by atoms with Gasteiger partial charge in [-0.1, -0.05) is 0 Å². The molecule has 5 fully saturated rings. The molecule has 5 aliphatic rings. The molecule has 7 heteroatoms. The Labute approximate surface area is 171 Å². The topological polar surface area (TPSA) is 93.6 Å². The molecule has 2 heterocycles. The van der Waals surface area contributed by atoms with E-state index in [1.807, 2.05) is 13.8 Å². The Morgan fingerprint density at radius 3 is 2.69 bits per heavy atom. The van der Waals surface area contributed by atoms with E-state index in [0.717, 1.165) is 44.9 Å². The maximum atomic E-state index is 13.3. The van der Waals surface area contributed by atoms with Gasteiger partial charge in [0.2, 0.25) is 0 Å². The molecule has 1 amide bonds. The molecule has 4 aliphatic carbocycles. The number of carbonyl (C=O) groups excluding carboxylic acids is 1. The Morgan fingerprint density at radius 1 is 1.31 bits per heavy atom. The van der Waals surface area contributed by atoms with Gasteiger partial charge in [0.1, 0.15) is 6.10 Å². The van der Waals surface area contributed by atoms with Gasteiger partial charge in [-0.25, -0.2) is 4.98 Å². The number of nitrogens with one attached hydrogen (secondary N) is 1. The van der Waals surface area contributed by atoms with Crippen LogP contribution in [0.3, 0.4) is 0 Å². The zero-order chi connectivity index (χ0) is 20.2. The van der Waals surface area contributed by atoms with Gasteiger partial charge in [-0.3, -0.25) is 4.79 Å². The molecule has 2 unspecified atom stereocenters. The summed E-state index contributed by atoms with van der Waals surface area (Å²) >= 11 is 0. The number of ether oxygens (including phenoxy) is 2. The van der Waals surface area contributed by atoms with Crippen LogP contribution < -0.4 is 10.1 Å². The summed E-state index contributed by atoms with van der Waals surface area (Å²) in [5, 5.41) is 14.1. The molecule has 7 nitrogen and oxygen atoms in total. The molecule has 0 radical (unpaired) electrons. The Balaban J connectivity index is 1.38. The van der Waals surface area contributed by atoms with Crippen molar-refractivity contribution in [1.29, 1.82) is 0 Å². The van der Waals surface area contributed by atoms with Crippen LogP contribution in [-0.4, -0.2) is 45.3 Å². The van der Waals surface area contributed by atoms with E-state index < -0.39 is 5.60 Å². The molecule has 0 spiro atoms. The van der Waals surface area contributed by atoms with Gasteiger partial charge in [0, 0.05) is 18.8 Å². The minimum atomic E-state index is -0.500. The minimum Gasteiger partial charge on any atom is -0.461 e. The Bertz CT molecular complexity index is 776. The lowest BCUT2D eigenvalue weighted by atomic mass is 9.52. The van der Waals surface area contributed by atoms with Crippen molar-refractivity contribution >= 4 is 5.91 Å². The second-order valence-corrected chi connectivity index (χ2v) is 9.81. The van der Waals surface area contributed by atoms with Crippen LogP contribution >= 0.6 is 0 Å². The number of aliphatic hydroxyl groups is 1. The van der Waals surface area contributed by atoms with Crippen LogP contribution in [0.15, 0.2) is 6.20 Å². The number of amides is 1. The maximum absolute atomic E-state index is 13.3. The first-order valence-electron chi connectivity index (χ1n) is 11.1. The number of aromatic nitrogens is 2. The summed E-state index contributed by atoms with van der Waals surface area (Å²) in [6.07, 6.45) is 7.95. The van der Waals surface area contributed by atoms with E-state index in [2.05, 4.69) is 15.3 Å². The number of carbonyl (C=O) groups is 1. The molecular formula is C22H31N3O4. The van der Waals surface area contributed by atoms with Crippen molar-refractivity contribution in [3.8, 4) is 6.01 Å². The van der Waals surface area contributed by atoms with Crippen LogP contribution in [0.1, 0.15) is 80.9 Å². The molecule has 4 saturated carbocycles. The monoisotopic (exact) mass is 401 g/mol. The van der Waals surface area contributed by atoms with Crippen molar-refractivity contribution in [2.75, 3.05) is 6.61 Å². The van der Waals surface area contributed by atoms with Crippen molar-refractivity contribution in [3.05, 3.63) is 17.5 Å². The third-order valence-electron chi connectivity index (χ3n) is 7.16. The van der Waals surface area contributed by atoms with Gasteiger partial charge in [-0.05, 0) is 76.5 Å². The summed E-state index contributed by atoms with van der Waals surface area (Å²) in [5.74, 6) is 1.22. The van der Waals surface area contributed by atoms with Gasteiger partial charge in [-0.2, -0.15) is 4.98 Å². The van der Waals surface area contributed by atoms with Crippen molar-refractivity contribution in [1.82, 2.24) is 15.3 Å². The van der Waals surface area contributed by atoms with Crippen LogP contribution in [0.4, 0.5) is 0 Å². The van der Waals surface area contributed by atoms with Crippen LogP contribution in [0.5, 0.6) is 6.01 Å². The molecule has 158 valence electrons. The van der Waals surface area contributed by atoms with Crippen LogP contribution in [0, 0.1) is 17.8 Å². The molecule has 3 atom stereocenters. The molecule has 1 aromatic heterocycles. The van der Waals surface area contributed by atoms with Gasteiger partial charge in [0.05, 0.1) is 23.0 Å². The van der Waals surface area contributed by atoms with E-state index in [-0.39, 0.29) is 24.2 Å². The lowest BCUT2D eigenvalue weighted by Gasteiger charge is -2.58. The Kier molecular flexibility index (Phi) is 4.78. The van der Waals surface area contributed by atoms with Gasteiger partial charge in [0.15, 0.2) is 0 Å². The predicted molar refractivity (Wildman–Crippen MR) is 105 cm³/mol. The highest BCUT2D eigenvalue weighted by molar-refractivity contribution is 5.95. The molecule has 1 aromatic rings. The summed E-state index contributed by atoms with van der Waals surface area (Å²) in [4.78, 5) is 22.1. The van der Waals surface area contributed by atoms with Crippen LogP contribution in [-0.2, 0) is 4.74 Å². The van der Waals surface area contributed by atoms with E-state index in [4.69, 9.17) is 9.47 Å². The lowest BCUT2D eigenvalue weighted by Crippen LogP contribution is -2.61. The normalized spacial score (nSPS) is 37.9. The van der Waals surface area contributed by atoms with Gasteiger partial charge in [-0.15, -0.1) is 0 Å². The first-order valence-corrected chi connectivity index (χ1v) is 11.1. The standard InChI is InChI=1S/C22H31N3O4/c1-12(2)29-21-23-11-16(19(25-21)17-4-3-5-28-17)20(26)24-18-14-6-13-7-15(18)10-22(27,8-13)9-14/h11-15,17-18,27H,3-10H2,1-2H3,(H,24,26)/t13?,14?,15?,17-,18?,22?/m0/s1. The molecule has 0 aromatic carbocycles. The van der Waals surface area contributed by atoms with Crippen LogP contribution in [0.25, 0.3) is 0 Å². The smallest absolute Gasteiger partial charge is 0.316 e. The quantitative estimate of drug-likeness (QED) is 0.788. The Hall–Kier alpha value is -1.73. The second kappa shape index (κ2) is 7.20. The molecular weight excluding hydrogens is 370 g/mol. The summed E-state index contributed by atoms with van der Waals surface area (Å²) < 4.78 is 11.5. The molecule has 1 aliphatic heterocycles. The number of rotatable bonds is 5. The summed E-state index contributed by atoms with van der Waals surface area (Å²) in [6.45, 7) is 4.54. The second-order valence-electron chi connectivity index (χ2n) is 9.81. The fraction of sp³-hybridized carbons (Fsp3) is 0.773. The van der Waals surface area contributed by atoms with E-state index in [9.17, 15) is 9.90 Å². The predicted octanol–water partition coefficient (Wildman–Crippen LogP) is 2.78. The summed E-state index contributed by atoms with van der Waals surface area (Å²) in [6, 6.07) is 0.419. The van der Waals surface area contributed by atoms with Crippen molar-refractivity contribution < 1.29 is 19.4 Å². The summed E-state index contributed by atoms with van der Waals surface area (Å²) in [5.41, 5.74) is 0.619. The number of nitrogens with zero attached hydrogens (tertiary/aromatic N) is 2. The zero-order valence-corrected chi connectivity index (χ0v) is 17.3. The average Bonchev–Trinajstić information content (AvgIpc) is 3.17. The highest BCUT2D eigenvalue weighted by Crippen LogP contribution is 2.55. The fourth-order valence-corrected chi connectivity index (χ4v) is 6.31. The van der Waals surface area contributed by atoms with Gasteiger partial charge >= 0.3 is 6.01 Å². The van der Waals surface area contributed by atoms with E-state index in [1.54, 1.807) is 6.20 Å². The Morgan fingerprint density at radius 2 is 2.07 bits per heavy atom. The number of hydrogen-bond acceptors (Lipinski definition) is 6. The maximum Gasteiger partial charge on any atom is 0.316 e. The molecule has 4 bridgehead atoms. The SMILES string of the molecule is CC(C)Oc1ncc(C(=O)NC2C3CC4CC2CC(O)(C4)C3)c([C@@H]2CCCO2)n1. The molecule has 29 heavy (non-hydrogen) atoms. The highest BCUT2D eigenvalue weighted by atomic mass is 16.5. The molecule has 6 rings (SSSR count). The zero-order valence-electron chi connectivity index (χ0n) is 17.3. The van der Waals surface area contributed by atoms with E-state index >= 15 is 0 Å². The van der Waals surface area contributed by atoms with Crippen molar-refractivity contribution in [2.45, 2.75) is 82.6 Å². The summed E-state index contributed by atoms with van der Waals surface area (Å²) in [7, 11) is 0. The molecule has 1 saturated heterocycles. The first-order chi connectivity index (χ1) is 13.9. The van der Waals surface area contributed by atoms with E-state index in [0.29, 0.717) is 41.6 Å². The minimum absolute atomic E-state index is 0.0362. The van der Waals surface area contributed by atoms with E-state index in [1.165, 1.54) is 0 Å². The largest absolute Gasteiger partial charge is 0.461 e. The van der Waals surface area contributed by atoms with Gasteiger partial charge in [0.25, 0.3) is 5.91 Å².